The molecular weight excluding hydrogens is 451 g/mol. The van der Waals surface area contributed by atoms with Gasteiger partial charge in [-0.1, -0.05) is 41.4 Å². The summed E-state index contributed by atoms with van der Waals surface area (Å²) in [5, 5.41) is 6.18. The highest BCUT2D eigenvalue weighted by Crippen LogP contribution is 2.29. The van der Waals surface area contributed by atoms with Gasteiger partial charge in [0.2, 0.25) is 11.8 Å². The first-order valence-corrected chi connectivity index (χ1v) is 11.1. The molecule has 4 amide bonds. The Morgan fingerprint density at radius 2 is 1.78 bits per heavy atom. The van der Waals surface area contributed by atoms with E-state index in [1.807, 2.05) is 31.2 Å². The zero-order chi connectivity index (χ0) is 23.3. The third kappa shape index (κ3) is 6.14. The van der Waals surface area contributed by atoms with Crippen molar-refractivity contribution in [3.8, 4) is 0 Å². The van der Waals surface area contributed by atoms with Gasteiger partial charge in [0, 0.05) is 25.8 Å². The van der Waals surface area contributed by atoms with Crippen LogP contribution in [0.2, 0.25) is 10.0 Å². The lowest BCUT2D eigenvalue weighted by Gasteiger charge is -2.33. The Morgan fingerprint density at radius 1 is 1.09 bits per heavy atom. The minimum atomic E-state index is -0.402. The van der Waals surface area contributed by atoms with Crippen LogP contribution in [0.1, 0.15) is 18.4 Å². The number of likely N-dealkylation sites (N-methyl/N-ethyl adjacent to an activating group) is 1. The molecule has 9 heteroatoms. The Balaban J connectivity index is 1.55. The molecule has 2 aromatic rings. The summed E-state index contributed by atoms with van der Waals surface area (Å²) in [6, 6.07) is 12.2. The number of hydrogen-bond donors (Lipinski definition) is 2. The van der Waals surface area contributed by atoms with Crippen LogP contribution in [0.5, 0.6) is 0 Å². The van der Waals surface area contributed by atoms with Crippen LogP contribution < -0.4 is 10.6 Å². The van der Waals surface area contributed by atoms with Gasteiger partial charge in [0.05, 0.1) is 28.2 Å². The summed E-state index contributed by atoms with van der Waals surface area (Å²) in [6.45, 7) is 2.69. The molecule has 1 aliphatic rings. The molecule has 0 spiro atoms. The number of rotatable bonds is 5. The average molecular weight is 477 g/mol. The zero-order valence-electron chi connectivity index (χ0n) is 18.0. The summed E-state index contributed by atoms with van der Waals surface area (Å²) in [5.41, 5.74) is 2.08. The number of hydrogen-bond acceptors (Lipinski definition) is 3. The molecule has 1 aliphatic heterocycles. The number of carbonyl (C=O) groups excluding carboxylic acids is 3. The Morgan fingerprint density at radius 3 is 2.47 bits per heavy atom. The number of benzene rings is 2. The van der Waals surface area contributed by atoms with Gasteiger partial charge in [0.15, 0.2) is 0 Å². The second-order valence-electron chi connectivity index (χ2n) is 7.92. The van der Waals surface area contributed by atoms with Gasteiger partial charge in [-0.2, -0.15) is 0 Å². The van der Waals surface area contributed by atoms with Gasteiger partial charge in [0.1, 0.15) is 0 Å². The highest BCUT2D eigenvalue weighted by Gasteiger charge is 2.31. The van der Waals surface area contributed by atoms with Crippen molar-refractivity contribution in [1.82, 2.24) is 9.80 Å². The van der Waals surface area contributed by atoms with Gasteiger partial charge >= 0.3 is 6.03 Å². The first-order valence-electron chi connectivity index (χ1n) is 10.4. The third-order valence-electron chi connectivity index (χ3n) is 5.31. The Bertz CT molecular complexity index is 994. The number of urea groups is 1. The van der Waals surface area contributed by atoms with Gasteiger partial charge < -0.3 is 20.4 Å². The summed E-state index contributed by atoms with van der Waals surface area (Å²) in [4.78, 5) is 41.0. The largest absolute Gasteiger partial charge is 0.336 e. The molecule has 1 unspecified atom stereocenters. The van der Waals surface area contributed by atoms with E-state index in [9.17, 15) is 14.4 Å². The number of nitrogens with zero attached hydrogens (tertiary/aromatic N) is 2. The van der Waals surface area contributed by atoms with Crippen LogP contribution in [0.4, 0.5) is 16.2 Å². The minimum absolute atomic E-state index is 0.146. The quantitative estimate of drug-likeness (QED) is 0.658. The summed E-state index contributed by atoms with van der Waals surface area (Å²) >= 11 is 12.2. The molecule has 1 heterocycles. The highest BCUT2D eigenvalue weighted by atomic mass is 35.5. The molecule has 0 saturated carbocycles. The molecule has 0 aromatic heterocycles. The van der Waals surface area contributed by atoms with E-state index in [4.69, 9.17) is 23.2 Å². The molecule has 1 fully saturated rings. The smallest absolute Gasteiger partial charge is 0.321 e. The van der Waals surface area contributed by atoms with E-state index in [1.165, 1.54) is 4.90 Å². The molecule has 2 aromatic carbocycles. The van der Waals surface area contributed by atoms with Crippen molar-refractivity contribution in [3.63, 3.8) is 0 Å². The van der Waals surface area contributed by atoms with Crippen molar-refractivity contribution in [1.29, 1.82) is 0 Å². The van der Waals surface area contributed by atoms with Gasteiger partial charge in [-0.05, 0) is 49.6 Å². The third-order valence-corrected chi connectivity index (χ3v) is 5.94. The fourth-order valence-corrected chi connectivity index (χ4v) is 4.18. The second-order valence-corrected chi connectivity index (χ2v) is 8.74. The number of anilines is 2. The molecule has 1 saturated heterocycles. The van der Waals surface area contributed by atoms with Gasteiger partial charge in [0.25, 0.3) is 0 Å². The van der Waals surface area contributed by atoms with Crippen LogP contribution in [0.15, 0.2) is 42.5 Å². The number of halogens is 2. The van der Waals surface area contributed by atoms with Gasteiger partial charge in [-0.25, -0.2) is 4.79 Å². The van der Waals surface area contributed by atoms with Crippen LogP contribution in [0.25, 0.3) is 0 Å². The molecule has 3 rings (SSSR count). The molecule has 2 N–H and O–H groups in total. The number of carbonyl (C=O) groups is 3. The summed E-state index contributed by atoms with van der Waals surface area (Å²) in [5.74, 6) is -0.951. The Kier molecular flexibility index (Phi) is 7.99. The van der Waals surface area contributed by atoms with E-state index in [0.29, 0.717) is 41.7 Å². The van der Waals surface area contributed by atoms with Crippen LogP contribution in [0.3, 0.4) is 0 Å². The Labute approximate surface area is 197 Å². The van der Waals surface area contributed by atoms with Crippen LogP contribution >= 0.6 is 23.2 Å². The monoisotopic (exact) mass is 476 g/mol. The molecule has 7 nitrogen and oxygen atoms in total. The van der Waals surface area contributed by atoms with E-state index in [2.05, 4.69) is 10.6 Å². The maximum Gasteiger partial charge on any atom is 0.321 e. The van der Waals surface area contributed by atoms with Crippen molar-refractivity contribution >= 4 is 52.4 Å². The summed E-state index contributed by atoms with van der Waals surface area (Å²) in [7, 11) is 1.57. The fraction of sp³-hybridized carbons (Fsp3) is 0.348. The number of aryl methyl sites for hydroxylation is 1. The fourth-order valence-electron chi connectivity index (χ4n) is 3.69. The molecule has 32 heavy (non-hydrogen) atoms. The number of nitrogens with one attached hydrogen (secondary N) is 2. The number of piperidine rings is 1. The first kappa shape index (κ1) is 23.9. The van der Waals surface area contributed by atoms with E-state index in [0.717, 1.165) is 11.3 Å². The zero-order valence-corrected chi connectivity index (χ0v) is 19.5. The molecule has 0 radical (unpaired) electrons. The summed E-state index contributed by atoms with van der Waals surface area (Å²) < 4.78 is 0. The lowest BCUT2D eigenvalue weighted by molar-refractivity contribution is -0.138. The minimum Gasteiger partial charge on any atom is -0.336 e. The van der Waals surface area contributed by atoms with Crippen LogP contribution in [-0.2, 0) is 9.59 Å². The molecule has 0 bridgehead atoms. The van der Waals surface area contributed by atoms with Crippen molar-refractivity contribution in [3.05, 3.63) is 58.1 Å². The SMILES string of the molecule is Cc1cccc(NC(=O)N2CCCC(C(=O)N(C)CC(=O)Nc3c(Cl)cccc3Cl)C2)c1. The van der Waals surface area contributed by atoms with Crippen molar-refractivity contribution in [2.24, 2.45) is 5.92 Å². The lowest BCUT2D eigenvalue weighted by atomic mass is 9.97. The maximum atomic E-state index is 12.9. The van der Waals surface area contributed by atoms with E-state index >= 15 is 0 Å². The topological polar surface area (TPSA) is 81.8 Å². The van der Waals surface area contributed by atoms with Crippen molar-refractivity contribution < 1.29 is 14.4 Å². The predicted molar refractivity (Wildman–Crippen MR) is 127 cm³/mol. The molecule has 0 aliphatic carbocycles. The number of amides is 4. The lowest BCUT2D eigenvalue weighted by Crippen LogP contribution is -2.48. The average Bonchev–Trinajstić information content (AvgIpc) is 2.76. The summed E-state index contributed by atoms with van der Waals surface area (Å²) in [6.07, 6.45) is 1.38. The van der Waals surface area contributed by atoms with E-state index in [-0.39, 0.29) is 24.4 Å². The molecule has 1 atom stereocenters. The maximum absolute atomic E-state index is 12.9. The predicted octanol–water partition coefficient (Wildman–Crippen LogP) is 4.64. The van der Waals surface area contributed by atoms with Gasteiger partial charge in [-0.15, -0.1) is 0 Å². The van der Waals surface area contributed by atoms with E-state index < -0.39 is 5.91 Å². The standard InChI is InChI=1S/C23H26Cl2N4O3/c1-15-6-3-8-17(12-15)26-23(32)29-11-5-7-16(13-29)22(31)28(2)14-20(30)27-21-18(24)9-4-10-19(21)25/h3-4,6,8-10,12,16H,5,7,11,13-14H2,1-2H3,(H,26,32)(H,27,30). The second kappa shape index (κ2) is 10.7. The van der Waals surface area contributed by atoms with Crippen LogP contribution in [-0.4, -0.2) is 54.3 Å². The number of para-hydroxylation sites is 1. The van der Waals surface area contributed by atoms with E-state index in [1.54, 1.807) is 30.1 Å². The van der Waals surface area contributed by atoms with Crippen LogP contribution in [0, 0.1) is 12.8 Å². The van der Waals surface area contributed by atoms with Crippen molar-refractivity contribution in [2.75, 3.05) is 37.3 Å². The van der Waals surface area contributed by atoms with Crippen molar-refractivity contribution in [2.45, 2.75) is 19.8 Å². The van der Waals surface area contributed by atoms with Gasteiger partial charge in [-0.3, -0.25) is 9.59 Å². The highest BCUT2D eigenvalue weighted by molar-refractivity contribution is 6.39. The first-order chi connectivity index (χ1) is 15.2. The molecular formula is C23H26Cl2N4O3. The normalized spacial score (nSPS) is 15.8. The Hall–Kier alpha value is -2.77. The molecule has 170 valence electrons. The number of likely N-dealkylation sites (tertiary alicyclic amines) is 1.